The summed E-state index contributed by atoms with van der Waals surface area (Å²) in [5.74, 6) is 0.615. The molecule has 0 aromatic heterocycles. The zero-order valence-electron chi connectivity index (χ0n) is 13.8. The molecule has 1 fully saturated rings. The first-order valence-electron chi connectivity index (χ1n) is 8.23. The first kappa shape index (κ1) is 18.6. The highest BCUT2D eigenvalue weighted by Gasteiger charge is 2.34. The van der Waals surface area contributed by atoms with Gasteiger partial charge in [0.2, 0.25) is 0 Å². The van der Waals surface area contributed by atoms with Gasteiger partial charge in [0.05, 0.1) is 17.7 Å². The Morgan fingerprint density at radius 3 is 2.38 bits per heavy atom. The lowest BCUT2D eigenvalue weighted by Gasteiger charge is -2.35. The van der Waals surface area contributed by atoms with Crippen LogP contribution in [-0.4, -0.2) is 36.3 Å². The fraction of sp³-hybridized carbons (Fsp3) is 0.588. The van der Waals surface area contributed by atoms with Crippen LogP contribution in [0, 0.1) is 0 Å². The van der Waals surface area contributed by atoms with E-state index in [9.17, 15) is 18.3 Å². The van der Waals surface area contributed by atoms with Crippen LogP contribution < -0.4 is 10.6 Å². The Hall–Kier alpha value is -1.76. The van der Waals surface area contributed by atoms with E-state index < -0.39 is 17.3 Å². The number of benzene rings is 1. The number of guanidine groups is 1. The number of alkyl halides is 3. The van der Waals surface area contributed by atoms with Gasteiger partial charge in [0.1, 0.15) is 0 Å². The molecular weight excluding hydrogens is 319 g/mol. The van der Waals surface area contributed by atoms with E-state index in [0.717, 1.165) is 37.0 Å². The largest absolute Gasteiger partial charge is 0.416 e. The van der Waals surface area contributed by atoms with Crippen LogP contribution in [0.1, 0.15) is 37.3 Å². The van der Waals surface area contributed by atoms with E-state index in [1.54, 1.807) is 0 Å². The molecule has 1 aromatic rings. The quantitative estimate of drug-likeness (QED) is 0.550. The number of aliphatic imine (C=N–C) groups is 1. The van der Waals surface area contributed by atoms with Crippen molar-refractivity contribution in [3.8, 4) is 0 Å². The minimum atomic E-state index is -4.30. The van der Waals surface area contributed by atoms with Crippen molar-refractivity contribution in [2.45, 2.75) is 44.4 Å². The maximum Gasteiger partial charge on any atom is 0.416 e. The SMILES string of the molecule is CCNC(=NCC1(O)CCC1)NCCc1ccc(C(F)(F)F)cc1. The predicted octanol–water partition coefficient (Wildman–Crippen LogP) is 2.72. The summed E-state index contributed by atoms with van der Waals surface area (Å²) in [4.78, 5) is 4.38. The van der Waals surface area contributed by atoms with Gasteiger partial charge in [0, 0.05) is 13.1 Å². The van der Waals surface area contributed by atoms with Crippen LogP contribution in [0.4, 0.5) is 13.2 Å². The van der Waals surface area contributed by atoms with Gasteiger partial charge in [-0.3, -0.25) is 4.99 Å². The van der Waals surface area contributed by atoms with Crippen LogP contribution in [-0.2, 0) is 12.6 Å². The summed E-state index contributed by atoms with van der Waals surface area (Å²) in [6.07, 6.45) is -1.12. The molecule has 1 aromatic carbocycles. The predicted molar refractivity (Wildman–Crippen MR) is 87.9 cm³/mol. The summed E-state index contributed by atoms with van der Waals surface area (Å²) in [7, 11) is 0. The number of aliphatic hydroxyl groups is 1. The van der Waals surface area contributed by atoms with Crippen LogP contribution in [0.5, 0.6) is 0 Å². The van der Waals surface area contributed by atoms with Crippen LogP contribution >= 0.6 is 0 Å². The molecule has 2 rings (SSSR count). The van der Waals surface area contributed by atoms with Gasteiger partial charge in [-0.1, -0.05) is 12.1 Å². The second-order valence-electron chi connectivity index (χ2n) is 6.14. The highest BCUT2D eigenvalue weighted by atomic mass is 19.4. The van der Waals surface area contributed by atoms with Crippen LogP contribution in [0.25, 0.3) is 0 Å². The van der Waals surface area contributed by atoms with E-state index in [0.29, 0.717) is 32.0 Å². The summed E-state index contributed by atoms with van der Waals surface area (Å²) in [6.45, 7) is 3.56. The molecule has 1 aliphatic carbocycles. The van der Waals surface area contributed by atoms with Crippen molar-refractivity contribution in [1.29, 1.82) is 0 Å². The Bertz CT molecular complexity index is 551. The molecule has 0 amide bonds. The lowest BCUT2D eigenvalue weighted by Crippen LogP contribution is -2.43. The first-order valence-corrected chi connectivity index (χ1v) is 8.23. The molecule has 0 bridgehead atoms. The van der Waals surface area contributed by atoms with Crippen molar-refractivity contribution in [2.24, 2.45) is 4.99 Å². The third kappa shape index (κ3) is 5.40. The molecule has 7 heteroatoms. The highest BCUT2D eigenvalue weighted by Crippen LogP contribution is 2.31. The number of rotatable bonds is 6. The minimum Gasteiger partial charge on any atom is -0.388 e. The van der Waals surface area contributed by atoms with E-state index >= 15 is 0 Å². The third-order valence-electron chi connectivity index (χ3n) is 4.15. The molecule has 0 heterocycles. The fourth-order valence-corrected chi connectivity index (χ4v) is 2.50. The zero-order chi connectivity index (χ0) is 17.6. The van der Waals surface area contributed by atoms with E-state index in [1.165, 1.54) is 12.1 Å². The molecule has 0 aliphatic heterocycles. The normalized spacial score (nSPS) is 17.3. The summed E-state index contributed by atoms with van der Waals surface area (Å²) < 4.78 is 37.6. The summed E-state index contributed by atoms with van der Waals surface area (Å²) in [6, 6.07) is 5.18. The van der Waals surface area contributed by atoms with Gasteiger partial charge in [-0.15, -0.1) is 0 Å². The van der Waals surface area contributed by atoms with Crippen molar-refractivity contribution in [3.05, 3.63) is 35.4 Å². The summed E-state index contributed by atoms with van der Waals surface area (Å²) >= 11 is 0. The second kappa shape index (κ2) is 7.88. The molecule has 0 saturated heterocycles. The molecule has 4 nitrogen and oxygen atoms in total. The molecule has 0 atom stereocenters. The standard InChI is InChI=1S/C17H24F3N3O/c1-2-21-15(23-12-16(24)9-3-10-16)22-11-8-13-4-6-14(7-5-13)17(18,19)20/h4-7,24H,2-3,8-12H2,1H3,(H2,21,22,23). The van der Waals surface area contributed by atoms with E-state index in [-0.39, 0.29) is 0 Å². The van der Waals surface area contributed by atoms with Crippen molar-refractivity contribution in [3.63, 3.8) is 0 Å². The van der Waals surface area contributed by atoms with Gasteiger partial charge in [-0.25, -0.2) is 0 Å². The van der Waals surface area contributed by atoms with Crippen LogP contribution in [0.3, 0.4) is 0 Å². The van der Waals surface area contributed by atoms with E-state index in [1.807, 2.05) is 6.92 Å². The van der Waals surface area contributed by atoms with Crippen molar-refractivity contribution >= 4 is 5.96 Å². The molecule has 1 aliphatic rings. The second-order valence-corrected chi connectivity index (χ2v) is 6.14. The van der Waals surface area contributed by atoms with Gasteiger partial charge < -0.3 is 15.7 Å². The lowest BCUT2D eigenvalue weighted by atomic mass is 9.80. The molecule has 24 heavy (non-hydrogen) atoms. The maximum absolute atomic E-state index is 12.5. The Morgan fingerprint density at radius 2 is 1.88 bits per heavy atom. The number of hydrogen-bond acceptors (Lipinski definition) is 2. The average Bonchev–Trinajstić information content (AvgIpc) is 2.50. The smallest absolute Gasteiger partial charge is 0.388 e. The maximum atomic E-state index is 12.5. The average molecular weight is 343 g/mol. The Labute approximate surface area is 140 Å². The summed E-state index contributed by atoms with van der Waals surface area (Å²) in [5, 5.41) is 16.3. The Kier molecular flexibility index (Phi) is 6.10. The van der Waals surface area contributed by atoms with E-state index in [2.05, 4.69) is 15.6 Å². The monoisotopic (exact) mass is 343 g/mol. The Balaban J connectivity index is 1.82. The minimum absolute atomic E-state index is 0.364. The van der Waals surface area contributed by atoms with Crippen molar-refractivity contribution in [2.75, 3.05) is 19.6 Å². The molecule has 134 valence electrons. The molecule has 0 radical (unpaired) electrons. The van der Waals surface area contributed by atoms with Gasteiger partial charge >= 0.3 is 6.18 Å². The third-order valence-corrected chi connectivity index (χ3v) is 4.15. The van der Waals surface area contributed by atoms with Gasteiger partial charge in [0.15, 0.2) is 5.96 Å². The van der Waals surface area contributed by atoms with Crippen molar-refractivity contribution < 1.29 is 18.3 Å². The van der Waals surface area contributed by atoms with Crippen LogP contribution in [0.2, 0.25) is 0 Å². The number of nitrogens with zero attached hydrogens (tertiary/aromatic N) is 1. The first-order chi connectivity index (χ1) is 11.3. The van der Waals surface area contributed by atoms with Crippen LogP contribution in [0.15, 0.2) is 29.3 Å². The molecular formula is C17H24F3N3O. The number of nitrogens with one attached hydrogen (secondary N) is 2. The lowest BCUT2D eigenvalue weighted by molar-refractivity contribution is -0.137. The van der Waals surface area contributed by atoms with Gasteiger partial charge in [0.25, 0.3) is 0 Å². The fourth-order valence-electron chi connectivity index (χ4n) is 2.50. The van der Waals surface area contributed by atoms with Gasteiger partial charge in [-0.05, 0) is 50.3 Å². The molecule has 1 saturated carbocycles. The summed E-state index contributed by atoms with van der Waals surface area (Å²) in [5.41, 5.74) is -0.484. The number of halogens is 3. The Morgan fingerprint density at radius 1 is 1.21 bits per heavy atom. The molecule has 0 spiro atoms. The van der Waals surface area contributed by atoms with E-state index in [4.69, 9.17) is 0 Å². The molecule has 0 unspecified atom stereocenters. The zero-order valence-corrected chi connectivity index (χ0v) is 13.8. The van der Waals surface area contributed by atoms with Gasteiger partial charge in [-0.2, -0.15) is 13.2 Å². The van der Waals surface area contributed by atoms with Crippen molar-refractivity contribution in [1.82, 2.24) is 10.6 Å². The topological polar surface area (TPSA) is 56.7 Å². The highest BCUT2D eigenvalue weighted by molar-refractivity contribution is 5.79. The molecule has 3 N–H and O–H groups in total. The number of hydrogen-bond donors (Lipinski definition) is 3.